The molecule has 1 saturated carbocycles. The predicted molar refractivity (Wildman–Crippen MR) is 122 cm³/mol. The molecular weight excluding hydrogens is 388 g/mol. The zero-order valence-electron chi connectivity index (χ0n) is 18.9. The van der Waals surface area contributed by atoms with Gasteiger partial charge in [0.25, 0.3) is 0 Å². The molecule has 4 fully saturated rings. The first-order valence-electron chi connectivity index (χ1n) is 12.3. The standard InChI is InChI=1S/C25H38N4O2/c1-26-24(30)16-25(17-28(18-25)21-9-13-31-14-10-21)29-11-7-20(8-12-29)27-23-15-22(23)19-5-3-2-4-6-19/h2-6,20-23,27H,7-18H2,1H3,(H,26,30)/t22?,23-/m1/s1. The van der Waals surface area contributed by atoms with Crippen LogP contribution in [0.1, 0.15) is 50.0 Å². The van der Waals surface area contributed by atoms with Crippen molar-refractivity contribution in [1.29, 1.82) is 0 Å². The number of nitrogens with zero attached hydrogens (tertiary/aromatic N) is 2. The Bertz CT molecular complexity index is 737. The van der Waals surface area contributed by atoms with Gasteiger partial charge in [-0.1, -0.05) is 30.3 Å². The molecule has 6 heteroatoms. The van der Waals surface area contributed by atoms with Gasteiger partial charge in [0.15, 0.2) is 0 Å². The second-order valence-electron chi connectivity index (χ2n) is 10.1. The molecular formula is C25H38N4O2. The predicted octanol–water partition coefficient (Wildman–Crippen LogP) is 1.97. The van der Waals surface area contributed by atoms with E-state index in [4.69, 9.17) is 4.74 Å². The summed E-state index contributed by atoms with van der Waals surface area (Å²) in [5, 5.41) is 6.80. The van der Waals surface area contributed by atoms with E-state index in [2.05, 4.69) is 50.8 Å². The maximum absolute atomic E-state index is 12.3. The minimum atomic E-state index is 0.0233. The molecule has 3 saturated heterocycles. The van der Waals surface area contributed by atoms with Gasteiger partial charge < -0.3 is 15.4 Å². The van der Waals surface area contributed by atoms with Gasteiger partial charge in [0.2, 0.25) is 5.91 Å². The SMILES string of the molecule is CNC(=O)CC1(N2CCC(N[C@@H]3CC3c3ccccc3)CC2)CN(C2CCOCC2)C1. The Labute approximate surface area is 186 Å². The Morgan fingerprint density at radius 2 is 1.81 bits per heavy atom. The summed E-state index contributed by atoms with van der Waals surface area (Å²) in [6, 6.07) is 12.8. The van der Waals surface area contributed by atoms with E-state index in [9.17, 15) is 4.79 Å². The molecule has 1 amide bonds. The Hall–Kier alpha value is -1.47. The summed E-state index contributed by atoms with van der Waals surface area (Å²) in [5.74, 6) is 0.869. The fraction of sp³-hybridized carbons (Fsp3) is 0.720. The Kier molecular flexibility index (Phi) is 6.33. The van der Waals surface area contributed by atoms with Crippen LogP contribution >= 0.6 is 0 Å². The van der Waals surface area contributed by atoms with Crippen molar-refractivity contribution in [2.75, 3.05) is 46.4 Å². The summed E-state index contributed by atoms with van der Waals surface area (Å²) in [6.45, 7) is 6.01. The van der Waals surface area contributed by atoms with Gasteiger partial charge in [0.1, 0.15) is 0 Å². The molecule has 0 spiro atoms. The van der Waals surface area contributed by atoms with Crippen LogP contribution in [0.25, 0.3) is 0 Å². The minimum absolute atomic E-state index is 0.0233. The van der Waals surface area contributed by atoms with E-state index in [0.717, 1.165) is 52.2 Å². The summed E-state index contributed by atoms with van der Waals surface area (Å²) in [5.41, 5.74) is 1.50. The van der Waals surface area contributed by atoms with Crippen molar-refractivity contribution in [3.63, 3.8) is 0 Å². The number of piperidine rings is 1. The third-order valence-electron chi connectivity index (χ3n) is 8.10. The van der Waals surface area contributed by atoms with E-state index in [0.29, 0.717) is 30.5 Å². The van der Waals surface area contributed by atoms with E-state index in [-0.39, 0.29) is 11.4 Å². The zero-order valence-corrected chi connectivity index (χ0v) is 18.9. The quantitative estimate of drug-likeness (QED) is 0.698. The Morgan fingerprint density at radius 1 is 1.10 bits per heavy atom. The van der Waals surface area contributed by atoms with E-state index in [1.54, 1.807) is 7.05 Å². The monoisotopic (exact) mass is 426 g/mol. The number of benzene rings is 1. The molecule has 6 nitrogen and oxygen atoms in total. The fourth-order valence-corrected chi connectivity index (χ4v) is 6.10. The number of carbonyl (C=O) groups excluding carboxylic acids is 1. The van der Waals surface area contributed by atoms with Gasteiger partial charge in [0.05, 0.1) is 5.54 Å². The lowest BCUT2D eigenvalue weighted by atomic mass is 9.80. The normalized spacial score (nSPS) is 30.0. The van der Waals surface area contributed by atoms with Gasteiger partial charge in [-0.05, 0) is 37.7 Å². The van der Waals surface area contributed by atoms with Gasteiger partial charge in [0, 0.05) is 76.9 Å². The molecule has 170 valence electrons. The number of nitrogens with one attached hydrogen (secondary N) is 2. The van der Waals surface area contributed by atoms with E-state index >= 15 is 0 Å². The molecule has 2 N–H and O–H groups in total. The van der Waals surface area contributed by atoms with Crippen LogP contribution in [0.4, 0.5) is 0 Å². The first-order valence-corrected chi connectivity index (χ1v) is 12.3. The van der Waals surface area contributed by atoms with Crippen molar-refractivity contribution < 1.29 is 9.53 Å². The van der Waals surface area contributed by atoms with Crippen LogP contribution in [0.15, 0.2) is 30.3 Å². The maximum Gasteiger partial charge on any atom is 0.221 e. The third-order valence-corrected chi connectivity index (χ3v) is 8.10. The average molecular weight is 427 g/mol. The number of amides is 1. The van der Waals surface area contributed by atoms with Crippen LogP contribution in [0.5, 0.6) is 0 Å². The highest BCUT2D eigenvalue weighted by Gasteiger charge is 2.51. The number of ether oxygens (including phenoxy) is 1. The molecule has 3 heterocycles. The lowest BCUT2D eigenvalue weighted by Crippen LogP contribution is -2.74. The highest BCUT2D eigenvalue weighted by atomic mass is 16.5. The smallest absolute Gasteiger partial charge is 0.221 e. The van der Waals surface area contributed by atoms with Gasteiger partial charge in [-0.15, -0.1) is 0 Å². The summed E-state index contributed by atoms with van der Waals surface area (Å²) in [4.78, 5) is 17.6. The molecule has 1 unspecified atom stereocenters. The molecule has 1 aromatic rings. The molecule has 0 radical (unpaired) electrons. The molecule has 4 aliphatic rings. The van der Waals surface area contributed by atoms with Gasteiger partial charge in [-0.2, -0.15) is 0 Å². The second kappa shape index (κ2) is 9.18. The van der Waals surface area contributed by atoms with E-state index < -0.39 is 0 Å². The minimum Gasteiger partial charge on any atom is -0.381 e. The van der Waals surface area contributed by atoms with Crippen molar-refractivity contribution in [3.05, 3.63) is 35.9 Å². The summed E-state index contributed by atoms with van der Waals surface area (Å²) in [7, 11) is 1.76. The molecule has 0 bridgehead atoms. The van der Waals surface area contributed by atoms with Crippen LogP contribution in [0, 0.1) is 0 Å². The number of likely N-dealkylation sites (tertiary alicyclic amines) is 2. The van der Waals surface area contributed by atoms with Gasteiger partial charge in [-0.25, -0.2) is 0 Å². The first kappa shape index (κ1) is 21.4. The Balaban J connectivity index is 1.13. The number of rotatable bonds is 7. The highest BCUT2D eigenvalue weighted by Crippen LogP contribution is 2.42. The van der Waals surface area contributed by atoms with E-state index in [1.165, 1.54) is 24.8 Å². The zero-order chi connectivity index (χ0) is 21.3. The second-order valence-corrected chi connectivity index (χ2v) is 10.1. The summed E-state index contributed by atoms with van der Waals surface area (Å²) in [6.07, 6.45) is 6.53. The lowest BCUT2D eigenvalue weighted by molar-refractivity contribution is -0.136. The molecule has 2 atom stereocenters. The van der Waals surface area contributed by atoms with Crippen molar-refractivity contribution in [2.45, 2.75) is 68.1 Å². The van der Waals surface area contributed by atoms with Crippen LogP contribution < -0.4 is 10.6 Å². The fourth-order valence-electron chi connectivity index (χ4n) is 6.10. The first-order chi connectivity index (χ1) is 15.2. The van der Waals surface area contributed by atoms with Gasteiger partial charge >= 0.3 is 0 Å². The van der Waals surface area contributed by atoms with Crippen molar-refractivity contribution in [3.8, 4) is 0 Å². The van der Waals surface area contributed by atoms with Crippen LogP contribution in [0.2, 0.25) is 0 Å². The number of hydrogen-bond donors (Lipinski definition) is 2. The number of hydrogen-bond acceptors (Lipinski definition) is 5. The van der Waals surface area contributed by atoms with Crippen molar-refractivity contribution in [1.82, 2.24) is 20.4 Å². The summed E-state index contributed by atoms with van der Waals surface area (Å²) < 4.78 is 5.54. The molecule has 1 aromatic carbocycles. The lowest BCUT2D eigenvalue weighted by Gasteiger charge is -2.59. The molecule has 0 aromatic heterocycles. The Morgan fingerprint density at radius 3 is 2.48 bits per heavy atom. The molecule has 1 aliphatic carbocycles. The molecule has 5 rings (SSSR count). The van der Waals surface area contributed by atoms with Crippen LogP contribution in [-0.2, 0) is 9.53 Å². The maximum atomic E-state index is 12.3. The van der Waals surface area contributed by atoms with Crippen LogP contribution in [0.3, 0.4) is 0 Å². The summed E-state index contributed by atoms with van der Waals surface area (Å²) >= 11 is 0. The molecule has 31 heavy (non-hydrogen) atoms. The largest absolute Gasteiger partial charge is 0.381 e. The number of carbonyl (C=O) groups is 1. The van der Waals surface area contributed by atoms with E-state index in [1.807, 2.05) is 0 Å². The van der Waals surface area contributed by atoms with Crippen molar-refractivity contribution >= 4 is 5.91 Å². The topological polar surface area (TPSA) is 56.8 Å². The average Bonchev–Trinajstić information content (AvgIpc) is 3.56. The molecule has 3 aliphatic heterocycles. The van der Waals surface area contributed by atoms with Crippen molar-refractivity contribution in [2.24, 2.45) is 0 Å². The van der Waals surface area contributed by atoms with Gasteiger partial charge in [-0.3, -0.25) is 14.6 Å². The highest BCUT2D eigenvalue weighted by molar-refractivity contribution is 5.77. The third kappa shape index (κ3) is 4.68. The van der Waals surface area contributed by atoms with Crippen LogP contribution in [-0.4, -0.2) is 85.8 Å².